The molecule has 7 heterocycles. The molecule has 20 heteroatoms. The van der Waals surface area contributed by atoms with Crippen LogP contribution in [0.25, 0.3) is 44.5 Å². The highest BCUT2D eigenvalue weighted by Crippen LogP contribution is 2.44. The molecule has 84 heavy (non-hydrogen) atoms. The van der Waals surface area contributed by atoms with Crippen LogP contribution in [-0.2, 0) is 69.2 Å². The van der Waals surface area contributed by atoms with Crippen molar-refractivity contribution in [2.75, 3.05) is 64.2 Å². The van der Waals surface area contributed by atoms with Crippen LogP contribution in [0.4, 0.5) is 5.69 Å². The number of carbonyl (C=O) groups is 4. The zero-order valence-corrected chi connectivity index (χ0v) is 50.2. The first-order valence-electron chi connectivity index (χ1n) is 29.3. The lowest BCUT2D eigenvalue weighted by Gasteiger charge is -2.37. The van der Waals surface area contributed by atoms with Crippen molar-refractivity contribution in [3.63, 3.8) is 0 Å². The Morgan fingerprint density at radius 2 is 1.73 bits per heavy atom. The number of amides is 3. The van der Waals surface area contributed by atoms with E-state index >= 15 is 4.79 Å². The van der Waals surface area contributed by atoms with Crippen molar-refractivity contribution < 1.29 is 46.9 Å². The highest BCUT2D eigenvalue weighted by Gasteiger charge is 2.43. The van der Waals surface area contributed by atoms with Gasteiger partial charge in [-0.25, -0.2) is 13.8 Å². The Morgan fingerprint density at radius 3 is 2.45 bits per heavy atom. The van der Waals surface area contributed by atoms with Gasteiger partial charge < -0.3 is 39.8 Å². The molecule has 6 unspecified atom stereocenters. The molecule has 0 radical (unpaired) electrons. The number of aromatic hydroxyl groups is 1. The molecule has 0 aliphatic carbocycles. The molecule has 3 aromatic heterocycles. The number of ether oxygens (including phenoxy) is 3. The first-order chi connectivity index (χ1) is 40.1. The molecule has 0 spiro atoms. The second kappa shape index (κ2) is 24.8. The van der Waals surface area contributed by atoms with Crippen molar-refractivity contribution in [1.29, 1.82) is 0 Å². The van der Waals surface area contributed by atoms with Gasteiger partial charge in [-0.3, -0.25) is 39.1 Å². The van der Waals surface area contributed by atoms with Crippen molar-refractivity contribution >= 4 is 50.1 Å². The Morgan fingerprint density at radius 1 is 0.964 bits per heavy atom. The molecule has 3 fully saturated rings. The number of hydrogen-bond acceptors (Lipinski definition) is 15. The van der Waals surface area contributed by atoms with E-state index in [0.29, 0.717) is 81.0 Å². The largest absolute Gasteiger partial charge is 0.508 e. The van der Waals surface area contributed by atoms with E-state index in [1.165, 1.54) is 9.91 Å². The van der Waals surface area contributed by atoms with Gasteiger partial charge in [0, 0.05) is 105 Å². The number of fused-ring (bicyclic) bond motifs is 6. The van der Waals surface area contributed by atoms with Crippen LogP contribution in [0.2, 0.25) is 0 Å². The summed E-state index contributed by atoms with van der Waals surface area (Å²) in [4.78, 5) is 72.4. The topological polar surface area (TPSA) is 241 Å². The Labute approximate surface area is 492 Å². The molecule has 10 rings (SSSR count). The summed E-state index contributed by atoms with van der Waals surface area (Å²) in [6, 6.07) is 23.7. The number of nitrogens with zero attached hydrogens (tertiary/aromatic N) is 6. The second-order valence-corrected chi connectivity index (χ2v) is 26.5. The van der Waals surface area contributed by atoms with Crippen LogP contribution >= 0.6 is 0 Å². The predicted molar refractivity (Wildman–Crippen MR) is 322 cm³/mol. The van der Waals surface area contributed by atoms with Crippen LogP contribution in [0.15, 0.2) is 91.1 Å². The zero-order valence-electron chi connectivity index (χ0n) is 49.4. The fourth-order valence-electron chi connectivity index (χ4n) is 12.6. The molecule has 6 atom stereocenters. The minimum atomic E-state index is -3.05. The van der Waals surface area contributed by atoms with Crippen molar-refractivity contribution in [1.82, 2.24) is 40.1 Å². The van der Waals surface area contributed by atoms with E-state index in [1.807, 2.05) is 69.4 Å². The molecule has 4 aliphatic heterocycles. The number of pyridine rings is 2. The van der Waals surface area contributed by atoms with E-state index in [1.54, 1.807) is 38.4 Å². The maximum Gasteiger partial charge on any atom is 0.324 e. The van der Waals surface area contributed by atoms with Crippen molar-refractivity contribution in [3.05, 3.63) is 119 Å². The number of carbonyl (C=O) groups excluding carboxylic acids is 4. The quantitative estimate of drug-likeness (QED) is 0.0652. The maximum atomic E-state index is 15.0. The van der Waals surface area contributed by atoms with Crippen molar-refractivity contribution in [3.8, 4) is 39.4 Å². The molecule has 4 aliphatic rings. The number of anilines is 1. The van der Waals surface area contributed by atoms with Crippen LogP contribution in [-0.4, -0.2) is 149 Å². The number of sulfone groups is 1. The average Bonchev–Trinajstić information content (AvgIpc) is 1.80. The van der Waals surface area contributed by atoms with E-state index in [-0.39, 0.29) is 54.6 Å². The number of phenols is 1. The zero-order chi connectivity index (χ0) is 59.8. The molecule has 5 N–H and O–H groups in total. The third-order valence-electron chi connectivity index (χ3n) is 17.0. The number of hydrazine groups is 1. The Bertz CT molecular complexity index is 3550. The van der Waals surface area contributed by atoms with Crippen molar-refractivity contribution in [2.45, 2.75) is 123 Å². The second-order valence-electron chi connectivity index (χ2n) is 24.2. The van der Waals surface area contributed by atoms with Crippen LogP contribution < -0.4 is 16.5 Å². The number of hydrogen-bond donors (Lipinski definition) is 4. The van der Waals surface area contributed by atoms with Gasteiger partial charge in [0.25, 0.3) is 11.8 Å². The normalized spacial score (nSPS) is 21.8. The molecule has 3 amide bonds. The molecule has 446 valence electrons. The molecular formula is C64H79N9O10S. The lowest BCUT2D eigenvalue weighted by molar-refractivity contribution is -0.155. The van der Waals surface area contributed by atoms with E-state index in [0.717, 1.165) is 55.8 Å². The monoisotopic (exact) mass is 1170 g/mol. The number of esters is 1. The first kappa shape index (κ1) is 59.9. The number of cyclic esters (lactones) is 1. The molecule has 3 saturated heterocycles. The van der Waals surface area contributed by atoms with E-state index in [2.05, 4.69) is 59.2 Å². The number of aromatic nitrogens is 3. The van der Waals surface area contributed by atoms with Crippen LogP contribution in [0.5, 0.6) is 5.75 Å². The summed E-state index contributed by atoms with van der Waals surface area (Å²) < 4.78 is 45.1. The fourth-order valence-corrected chi connectivity index (χ4v) is 13.8. The number of phenolic OH excluding ortho intramolecular Hbond substituents is 1. The lowest BCUT2D eigenvalue weighted by atomic mass is 9.84. The molecular weight excluding hydrogens is 1090 g/mol. The van der Waals surface area contributed by atoms with Gasteiger partial charge in [0.15, 0.2) is 9.84 Å². The molecule has 0 saturated carbocycles. The molecule has 19 nitrogen and oxygen atoms in total. The van der Waals surface area contributed by atoms with E-state index in [4.69, 9.17) is 29.9 Å². The van der Waals surface area contributed by atoms with Gasteiger partial charge in [-0.05, 0) is 128 Å². The van der Waals surface area contributed by atoms with Crippen molar-refractivity contribution in [2.24, 2.45) is 11.3 Å². The SMILES string of the molecule is CCn1c(-c2cc(-c3cccc(CN4CCS(=O)(=O)CC4)n3)cnc2C(C)OC)c2c3cc(ccc31)-c1cc(O)cc(c1)CC(NC(=O)C(C(C)C)N(C)C(=O)C1OCCC1c1ccc(N)cc1)C(=O)N1CCCC(N1)C(=O)OCC(C)(C)C2. The van der Waals surface area contributed by atoms with Crippen LogP contribution in [0, 0.1) is 11.3 Å². The Kier molecular flexibility index (Phi) is 17.7. The summed E-state index contributed by atoms with van der Waals surface area (Å²) >= 11 is 0. The Balaban J connectivity index is 1.04. The smallest absolute Gasteiger partial charge is 0.324 e. The van der Waals surface area contributed by atoms with Gasteiger partial charge >= 0.3 is 5.97 Å². The van der Waals surface area contributed by atoms with Crippen LogP contribution in [0.3, 0.4) is 0 Å². The van der Waals surface area contributed by atoms with E-state index in [9.17, 15) is 27.9 Å². The van der Waals surface area contributed by atoms with Gasteiger partial charge in [0.1, 0.15) is 30.0 Å². The summed E-state index contributed by atoms with van der Waals surface area (Å²) in [7, 11) is 0.204. The van der Waals surface area contributed by atoms with Gasteiger partial charge in [0.05, 0.1) is 47.0 Å². The van der Waals surface area contributed by atoms with Gasteiger partial charge in [-0.15, -0.1) is 0 Å². The number of nitrogens with two attached hydrogens (primary N) is 1. The molecule has 3 aromatic carbocycles. The highest BCUT2D eigenvalue weighted by molar-refractivity contribution is 7.91. The number of nitrogens with one attached hydrogen (secondary N) is 2. The Hall–Kier alpha value is -7.23. The molecule has 6 aromatic rings. The average molecular weight is 1170 g/mol. The standard InChI is InChI=1S/C64H79N9O10S/c1-9-72-55-20-17-42-32-49(55)51(58(72)50-33-44(35-66-56(50)39(4)81-8)52-13-10-12-46(67-52)36-71-23-26-84(79,80)27-24-71)34-64(5,6)37-83-63(78)53-14-11-22-73(69-53)61(76)54(30-40-28-43(42)31-47(74)29-40)68-60(75)57(38(2)3)70(7)62(77)59-48(21-25-82-59)41-15-18-45(65)19-16-41/h10,12-13,15-20,28-29,31-33,35,38-39,48,53-54,57,59,69,74H,9,11,14,21-27,30,34,36-37,65H2,1-8H3,(H,68,75). The molecule has 6 bridgehead atoms. The highest BCUT2D eigenvalue weighted by atomic mass is 32.2. The minimum Gasteiger partial charge on any atom is -0.508 e. The number of aryl methyl sites for hydroxylation is 1. The van der Waals surface area contributed by atoms with Crippen LogP contribution in [0.1, 0.15) is 101 Å². The van der Waals surface area contributed by atoms with Gasteiger partial charge in [-0.2, -0.15) is 0 Å². The summed E-state index contributed by atoms with van der Waals surface area (Å²) in [6.07, 6.45) is 2.46. The number of rotatable bonds is 13. The lowest BCUT2D eigenvalue weighted by Crippen LogP contribution is -2.62. The summed E-state index contributed by atoms with van der Waals surface area (Å²) in [5.41, 5.74) is 18.8. The van der Waals surface area contributed by atoms with Gasteiger partial charge in [-0.1, -0.05) is 58.0 Å². The van der Waals surface area contributed by atoms with E-state index < -0.39 is 63.4 Å². The summed E-state index contributed by atoms with van der Waals surface area (Å²) in [6.45, 7) is 14.5. The summed E-state index contributed by atoms with van der Waals surface area (Å²) in [5, 5.41) is 17.0. The minimum absolute atomic E-state index is 0.0400. The number of likely N-dealkylation sites (N-methyl/N-ethyl adjacent to an activating group) is 1. The summed E-state index contributed by atoms with van der Waals surface area (Å²) in [5.74, 6) is -2.34. The van der Waals surface area contributed by atoms with Gasteiger partial charge in [0.2, 0.25) is 5.91 Å². The fraction of sp³-hybridized carbons (Fsp3) is 0.469. The number of methoxy groups -OCH3 is 1. The third-order valence-corrected chi connectivity index (χ3v) is 18.7. The number of nitrogen functional groups attached to an aromatic ring is 1. The third kappa shape index (κ3) is 12.9. The predicted octanol–water partition coefficient (Wildman–Crippen LogP) is 7.38. The number of benzene rings is 3. The first-order valence-corrected chi connectivity index (χ1v) is 31.1. The maximum absolute atomic E-state index is 15.0.